The summed E-state index contributed by atoms with van der Waals surface area (Å²) < 4.78 is 2.54. The summed E-state index contributed by atoms with van der Waals surface area (Å²) in [6, 6.07) is 1.46. The maximum absolute atomic E-state index is 11.6. The van der Waals surface area contributed by atoms with Crippen LogP contribution in [0.3, 0.4) is 0 Å². The normalized spacial score (nSPS) is 17.4. The number of aliphatic hydroxyl groups excluding tert-OH is 1. The Morgan fingerprint density at radius 1 is 1.31 bits per heavy atom. The van der Waals surface area contributed by atoms with E-state index in [0.29, 0.717) is 25.3 Å². The van der Waals surface area contributed by atoms with Crippen LogP contribution in [0.1, 0.15) is 5.69 Å². The number of β-amino-alcohol motifs (C(OH)–C–C–N with tert-alkyl or cyclic N) is 1. The van der Waals surface area contributed by atoms with Gasteiger partial charge in [-0.1, -0.05) is 0 Å². The van der Waals surface area contributed by atoms with Crippen molar-refractivity contribution in [2.75, 3.05) is 13.1 Å². The standard InChI is InChI=1S/C10H15N3O3/c1-11-7(4-13-5-8(14)6-13)3-9(15)12(2)10(11)16/h3,8,14H,4-6H2,1-2H3. The third-order valence-corrected chi connectivity index (χ3v) is 2.95. The highest BCUT2D eigenvalue weighted by Crippen LogP contribution is 2.10. The third kappa shape index (κ3) is 1.81. The minimum Gasteiger partial charge on any atom is -0.390 e. The summed E-state index contributed by atoms with van der Waals surface area (Å²) in [4.78, 5) is 25.1. The monoisotopic (exact) mass is 225 g/mol. The molecule has 1 fully saturated rings. The van der Waals surface area contributed by atoms with Crippen molar-refractivity contribution in [3.8, 4) is 0 Å². The molecule has 16 heavy (non-hydrogen) atoms. The largest absolute Gasteiger partial charge is 0.390 e. The molecule has 1 aromatic rings. The van der Waals surface area contributed by atoms with Crippen molar-refractivity contribution in [3.05, 3.63) is 32.6 Å². The van der Waals surface area contributed by atoms with Crippen molar-refractivity contribution >= 4 is 0 Å². The molecule has 2 heterocycles. The summed E-state index contributed by atoms with van der Waals surface area (Å²) in [7, 11) is 3.11. The van der Waals surface area contributed by atoms with Gasteiger partial charge < -0.3 is 5.11 Å². The lowest BCUT2D eigenvalue weighted by Gasteiger charge is -2.35. The van der Waals surface area contributed by atoms with E-state index in [4.69, 9.17) is 5.11 Å². The molecular weight excluding hydrogens is 210 g/mol. The highest BCUT2D eigenvalue weighted by molar-refractivity contribution is 5.03. The first-order chi connectivity index (χ1) is 7.49. The molecule has 0 spiro atoms. The first kappa shape index (κ1) is 11.1. The second kappa shape index (κ2) is 3.88. The maximum atomic E-state index is 11.6. The molecule has 0 amide bonds. The van der Waals surface area contributed by atoms with Gasteiger partial charge in [0, 0.05) is 45.5 Å². The van der Waals surface area contributed by atoms with Crippen LogP contribution in [-0.2, 0) is 20.6 Å². The number of hydrogen-bond donors (Lipinski definition) is 1. The molecule has 1 N–H and O–H groups in total. The molecule has 0 atom stereocenters. The summed E-state index contributed by atoms with van der Waals surface area (Å²) in [6.45, 7) is 1.73. The van der Waals surface area contributed by atoms with E-state index in [0.717, 1.165) is 4.57 Å². The van der Waals surface area contributed by atoms with Gasteiger partial charge >= 0.3 is 5.69 Å². The fourth-order valence-electron chi connectivity index (χ4n) is 1.83. The zero-order valence-electron chi connectivity index (χ0n) is 9.38. The van der Waals surface area contributed by atoms with E-state index in [1.807, 2.05) is 4.90 Å². The average molecular weight is 225 g/mol. The van der Waals surface area contributed by atoms with Gasteiger partial charge in [0.2, 0.25) is 0 Å². The number of likely N-dealkylation sites (tertiary alicyclic amines) is 1. The molecule has 0 aromatic carbocycles. The van der Waals surface area contributed by atoms with Crippen LogP contribution in [0.25, 0.3) is 0 Å². The molecule has 6 heteroatoms. The van der Waals surface area contributed by atoms with Crippen molar-refractivity contribution in [3.63, 3.8) is 0 Å². The molecule has 0 bridgehead atoms. The second-order valence-corrected chi connectivity index (χ2v) is 4.22. The Morgan fingerprint density at radius 3 is 2.50 bits per heavy atom. The summed E-state index contributed by atoms with van der Waals surface area (Å²) in [5.74, 6) is 0. The number of hydrogen-bond acceptors (Lipinski definition) is 4. The van der Waals surface area contributed by atoms with Gasteiger partial charge in [0.15, 0.2) is 0 Å². The molecule has 0 unspecified atom stereocenters. The van der Waals surface area contributed by atoms with Crippen LogP contribution < -0.4 is 11.2 Å². The van der Waals surface area contributed by atoms with E-state index < -0.39 is 0 Å². The molecule has 6 nitrogen and oxygen atoms in total. The van der Waals surface area contributed by atoms with Gasteiger partial charge in [-0.15, -0.1) is 0 Å². The molecule has 0 aliphatic carbocycles. The van der Waals surface area contributed by atoms with Crippen molar-refractivity contribution in [1.29, 1.82) is 0 Å². The SMILES string of the molecule is Cn1c(CN2CC(O)C2)cc(=O)n(C)c1=O. The van der Waals surface area contributed by atoms with Gasteiger partial charge in [0.1, 0.15) is 0 Å². The Kier molecular flexibility index (Phi) is 2.69. The van der Waals surface area contributed by atoms with Gasteiger partial charge in [-0.05, 0) is 0 Å². The molecule has 88 valence electrons. The van der Waals surface area contributed by atoms with Gasteiger partial charge in [0.05, 0.1) is 6.10 Å². The van der Waals surface area contributed by atoms with E-state index in [9.17, 15) is 9.59 Å². The molecule has 1 aliphatic heterocycles. The maximum Gasteiger partial charge on any atom is 0.330 e. The van der Waals surface area contributed by atoms with Crippen molar-refractivity contribution < 1.29 is 5.11 Å². The van der Waals surface area contributed by atoms with Crippen LogP contribution in [0.5, 0.6) is 0 Å². The summed E-state index contributed by atoms with van der Waals surface area (Å²) in [6.07, 6.45) is -0.274. The smallest absolute Gasteiger partial charge is 0.330 e. The zero-order valence-corrected chi connectivity index (χ0v) is 9.38. The fourth-order valence-corrected chi connectivity index (χ4v) is 1.83. The van der Waals surface area contributed by atoms with Crippen LogP contribution in [0, 0.1) is 0 Å². The molecule has 1 saturated heterocycles. The van der Waals surface area contributed by atoms with E-state index >= 15 is 0 Å². The highest BCUT2D eigenvalue weighted by Gasteiger charge is 2.24. The Hall–Kier alpha value is -1.40. The third-order valence-electron chi connectivity index (χ3n) is 2.95. The van der Waals surface area contributed by atoms with Gasteiger partial charge in [-0.3, -0.25) is 18.8 Å². The first-order valence-corrected chi connectivity index (χ1v) is 5.15. The topological polar surface area (TPSA) is 67.5 Å². The Morgan fingerprint density at radius 2 is 1.94 bits per heavy atom. The van der Waals surface area contributed by atoms with E-state index in [1.165, 1.54) is 17.7 Å². The number of rotatable bonds is 2. The molecule has 1 aromatic heterocycles. The number of nitrogens with zero attached hydrogens (tertiary/aromatic N) is 3. The van der Waals surface area contributed by atoms with Crippen LogP contribution in [-0.4, -0.2) is 38.3 Å². The number of aromatic nitrogens is 2. The number of aliphatic hydroxyl groups is 1. The minimum atomic E-state index is -0.316. The van der Waals surface area contributed by atoms with Crippen molar-refractivity contribution in [2.45, 2.75) is 12.6 Å². The molecular formula is C10H15N3O3. The Bertz CT molecular complexity index is 511. The Labute approximate surface area is 92.4 Å². The molecule has 1 aliphatic rings. The van der Waals surface area contributed by atoms with E-state index in [2.05, 4.69) is 0 Å². The summed E-state index contributed by atoms with van der Waals surface area (Å²) >= 11 is 0. The summed E-state index contributed by atoms with van der Waals surface area (Å²) in [5, 5.41) is 9.14. The van der Waals surface area contributed by atoms with Crippen LogP contribution in [0.2, 0.25) is 0 Å². The molecule has 0 saturated carbocycles. The quantitative estimate of drug-likeness (QED) is 0.649. The van der Waals surface area contributed by atoms with E-state index in [1.54, 1.807) is 7.05 Å². The van der Waals surface area contributed by atoms with Crippen LogP contribution >= 0.6 is 0 Å². The van der Waals surface area contributed by atoms with E-state index in [-0.39, 0.29) is 17.4 Å². The molecule has 0 radical (unpaired) electrons. The Balaban J connectivity index is 2.28. The first-order valence-electron chi connectivity index (χ1n) is 5.15. The van der Waals surface area contributed by atoms with Gasteiger partial charge in [-0.2, -0.15) is 0 Å². The highest BCUT2D eigenvalue weighted by atomic mass is 16.3. The van der Waals surface area contributed by atoms with Crippen LogP contribution in [0.4, 0.5) is 0 Å². The predicted molar refractivity (Wildman–Crippen MR) is 58.2 cm³/mol. The lowest BCUT2D eigenvalue weighted by Crippen LogP contribution is -2.51. The fraction of sp³-hybridized carbons (Fsp3) is 0.600. The van der Waals surface area contributed by atoms with Crippen molar-refractivity contribution in [1.82, 2.24) is 14.0 Å². The van der Waals surface area contributed by atoms with Crippen molar-refractivity contribution in [2.24, 2.45) is 14.1 Å². The second-order valence-electron chi connectivity index (χ2n) is 4.22. The molecule has 2 rings (SSSR count). The lowest BCUT2D eigenvalue weighted by molar-refractivity contribution is -0.00422. The minimum absolute atomic E-state index is 0.274. The van der Waals surface area contributed by atoms with Crippen LogP contribution in [0.15, 0.2) is 15.7 Å². The predicted octanol–water partition coefficient (Wildman–Crippen LogP) is -1.74. The van der Waals surface area contributed by atoms with Gasteiger partial charge in [-0.25, -0.2) is 4.79 Å². The average Bonchev–Trinajstić information content (AvgIpc) is 2.20. The lowest BCUT2D eigenvalue weighted by atomic mass is 10.1. The van der Waals surface area contributed by atoms with Gasteiger partial charge in [0.25, 0.3) is 5.56 Å². The zero-order chi connectivity index (χ0) is 11.9. The summed E-state index contributed by atoms with van der Waals surface area (Å²) in [5.41, 5.74) is 0.0720.